The van der Waals surface area contributed by atoms with Crippen LogP contribution in [0.3, 0.4) is 0 Å². The van der Waals surface area contributed by atoms with Crippen LogP contribution >= 0.6 is 11.6 Å². The third kappa shape index (κ3) is 12.4. The van der Waals surface area contributed by atoms with E-state index in [-0.39, 0.29) is 11.5 Å². The molecule has 0 saturated heterocycles. The number of allylic oxidation sites excluding steroid dienone is 6. The first kappa shape index (κ1) is 26.9. The molecule has 0 aromatic carbocycles. The normalized spacial score (nSPS) is 21.3. The van der Waals surface area contributed by atoms with Crippen LogP contribution in [0.15, 0.2) is 48.1 Å². The van der Waals surface area contributed by atoms with Crippen molar-refractivity contribution in [3.8, 4) is 0 Å². The van der Waals surface area contributed by atoms with Gasteiger partial charge in [-0.25, -0.2) is 0 Å². The topological polar surface area (TPSA) is 37.3 Å². The number of carbonyl (C=O) groups excluding carboxylic acids is 1. The summed E-state index contributed by atoms with van der Waals surface area (Å²) in [5.41, 5.74) is 2.24. The van der Waals surface area contributed by atoms with Crippen molar-refractivity contribution in [2.24, 2.45) is 5.92 Å². The highest BCUT2D eigenvalue weighted by Gasteiger charge is 2.26. The number of unbranched alkanes of at least 4 members (excludes halogenated alkanes) is 4. The lowest BCUT2D eigenvalue weighted by Gasteiger charge is -2.15. The van der Waals surface area contributed by atoms with Gasteiger partial charge in [0.25, 0.3) is 0 Å². The first-order chi connectivity index (χ1) is 13.5. The molecule has 1 N–H and O–H groups in total. The van der Waals surface area contributed by atoms with E-state index in [1.165, 1.54) is 24.8 Å². The molecule has 3 atom stereocenters. The van der Waals surface area contributed by atoms with Crippen LogP contribution in [0.2, 0.25) is 0 Å². The van der Waals surface area contributed by atoms with Gasteiger partial charge in [-0.1, -0.05) is 69.6 Å². The molecular formula is C25H41ClO2. The number of rotatable bonds is 12. The Kier molecular flexibility index (Phi) is 17.2. The van der Waals surface area contributed by atoms with Crippen molar-refractivity contribution in [1.82, 2.24) is 0 Å². The van der Waals surface area contributed by atoms with Gasteiger partial charge in [0, 0.05) is 17.7 Å². The Hall–Kier alpha value is -1.12. The summed E-state index contributed by atoms with van der Waals surface area (Å²) < 4.78 is 0. The molecule has 1 rings (SSSR count). The highest BCUT2D eigenvalue weighted by Crippen LogP contribution is 2.35. The van der Waals surface area contributed by atoms with Gasteiger partial charge in [-0.15, -0.1) is 11.6 Å². The predicted octanol–water partition coefficient (Wildman–Crippen LogP) is 7.33. The molecule has 0 amide bonds. The second kappa shape index (κ2) is 17.9. The molecule has 0 bridgehead atoms. The molecule has 1 saturated carbocycles. The lowest BCUT2D eigenvalue weighted by molar-refractivity contribution is -0.107. The first-order valence-corrected chi connectivity index (χ1v) is 11.3. The van der Waals surface area contributed by atoms with Crippen molar-refractivity contribution in [2.75, 3.05) is 0 Å². The lowest BCUT2D eigenvalue weighted by atomic mass is 9.95. The van der Waals surface area contributed by atoms with E-state index in [1.54, 1.807) is 0 Å². The SMILES string of the molecule is C/C=C\CCCC=O.C=C/C(=C\C=C(/C)C(O)CCCCC)C1CCCC1Cl. The minimum atomic E-state index is -0.320. The van der Waals surface area contributed by atoms with E-state index in [2.05, 4.69) is 25.7 Å². The summed E-state index contributed by atoms with van der Waals surface area (Å²) >= 11 is 6.36. The van der Waals surface area contributed by atoms with E-state index in [1.807, 2.05) is 32.1 Å². The molecular weight excluding hydrogens is 368 g/mol. The molecule has 1 aliphatic rings. The fourth-order valence-electron chi connectivity index (χ4n) is 3.27. The van der Waals surface area contributed by atoms with Crippen molar-refractivity contribution >= 4 is 17.9 Å². The van der Waals surface area contributed by atoms with Crippen molar-refractivity contribution in [3.05, 3.63) is 48.1 Å². The summed E-state index contributed by atoms with van der Waals surface area (Å²) in [6.45, 7) is 10.1. The van der Waals surface area contributed by atoms with Crippen LogP contribution in [0.5, 0.6) is 0 Å². The van der Waals surface area contributed by atoms with Crippen LogP contribution in [-0.4, -0.2) is 22.9 Å². The third-order valence-corrected chi connectivity index (χ3v) is 5.69. The summed E-state index contributed by atoms with van der Waals surface area (Å²) in [5.74, 6) is 0.426. The van der Waals surface area contributed by atoms with Gasteiger partial charge >= 0.3 is 0 Å². The molecule has 0 aromatic heterocycles. The number of alkyl halides is 1. The third-order valence-electron chi connectivity index (χ3n) is 5.17. The summed E-state index contributed by atoms with van der Waals surface area (Å²) in [7, 11) is 0. The van der Waals surface area contributed by atoms with E-state index in [0.717, 1.165) is 50.4 Å². The standard InChI is InChI=1S/C18H29ClO.C7H12O/c1-4-6-7-11-18(20)14(3)12-13-15(5-2)16-9-8-10-17(16)19;1-2-3-4-5-6-7-8/h5,12-13,16-18,20H,2,4,6-11H2,1,3H3;2-3,7H,4-6H2,1H3/b14-12+,15-13+;3-2-. The van der Waals surface area contributed by atoms with Crippen LogP contribution in [0.25, 0.3) is 0 Å². The maximum Gasteiger partial charge on any atom is 0.120 e. The zero-order valence-electron chi connectivity index (χ0n) is 18.2. The number of hydrogen-bond acceptors (Lipinski definition) is 2. The van der Waals surface area contributed by atoms with E-state index >= 15 is 0 Å². The second-order valence-electron chi connectivity index (χ2n) is 7.51. The fraction of sp³-hybridized carbons (Fsp3) is 0.640. The minimum Gasteiger partial charge on any atom is -0.389 e. The largest absolute Gasteiger partial charge is 0.389 e. The molecule has 0 aliphatic heterocycles. The quantitative estimate of drug-likeness (QED) is 0.121. The maximum atomic E-state index is 10.1. The Balaban J connectivity index is 0.000000769. The van der Waals surface area contributed by atoms with Crippen LogP contribution in [-0.2, 0) is 4.79 Å². The molecule has 3 unspecified atom stereocenters. The lowest BCUT2D eigenvalue weighted by Crippen LogP contribution is -2.09. The number of halogens is 1. The van der Waals surface area contributed by atoms with E-state index in [4.69, 9.17) is 11.6 Å². The average Bonchev–Trinajstić information content (AvgIpc) is 3.12. The number of hydrogen-bond donors (Lipinski definition) is 1. The smallest absolute Gasteiger partial charge is 0.120 e. The fourth-order valence-corrected chi connectivity index (χ4v) is 3.70. The molecule has 0 spiro atoms. The van der Waals surface area contributed by atoms with Gasteiger partial charge in [-0.3, -0.25) is 0 Å². The Labute approximate surface area is 178 Å². The average molecular weight is 409 g/mol. The molecule has 160 valence electrons. The van der Waals surface area contributed by atoms with Gasteiger partial charge in [0.05, 0.1) is 6.10 Å². The highest BCUT2D eigenvalue weighted by atomic mass is 35.5. The van der Waals surface area contributed by atoms with Crippen LogP contribution < -0.4 is 0 Å². The molecule has 2 nitrogen and oxygen atoms in total. The zero-order chi connectivity index (χ0) is 21.2. The van der Waals surface area contributed by atoms with E-state index in [0.29, 0.717) is 12.3 Å². The minimum absolute atomic E-state index is 0.238. The number of aliphatic hydroxyl groups excluding tert-OH is 1. The molecule has 0 radical (unpaired) electrons. The molecule has 0 heterocycles. The Morgan fingerprint density at radius 1 is 1.21 bits per heavy atom. The summed E-state index contributed by atoms with van der Waals surface area (Å²) in [4.78, 5) is 9.74. The van der Waals surface area contributed by atoms with Crippen LogP contribution in [0.1, 0.15) is 85.0 Å². The van der Waals surface area contributed by atoms with Crippen LogP contribution in [0, 0.1) is 5.92 Å². The van der Waals surface area contributed by atoms with Gasteiger partial charge in [0.1, 0.15) is 6.29 Å². The predicted molar refractivity (Wildman–Crippen MR) is 124 cm³/mol. The zero-order valence-corrected chi connectivity index (χ0v) is 19.0. The second-order valence-corrected chi connectivity index (χ2v) is 8.07. The van der Waals surface area contributed by atoms with Crippen molar-refractivity contribution < 1.29 is 9.90 Å². The van der Waals surface area contributed by atoms with Gasteiger partial charge in [0.15, 0.2) is 0 Å². The number of aliphatic hydroxyl groups is 1. The van der Waals surface area contributed by atoms with Gasteiger partial charge in [0.2, 0.25) is 0 Å². The van der Waals surface area contributed by atoms with Crippen molar-refractivity contribution in [2.45, 2.75) is 96.5 Å². The Morgan fingerprint density at radius 2 is 1.96 bits per heavy atom. The Morgan fingerprint density at radius 3 is 2.50 bits per heavy atom. The summed E-state index contributed by atoms with van der Waals surface area (Å²) in [5, 5.41) is 10.3. The highest BCUT2D eigenvalue weighted by molar-refractivity contribution is 6.21. The molecule has 3 heteroatoms. The van der Waals surface area contributed by atoms with E-state index in [9.17, 15) is 9.90 Å². The molecule has 0 aromatic rings. The monoisotopic (exact) mass is 408 g/mol. The number of carbonyl (C=O) groups is 1. The van der Waals surface area contributed by atoms with Crippen molar-refractivity contribution in [3.63, 3.8) is 0 Å². The maximum absolute atomic E-state index is 10.1. The van der Waals surface area contributed by atoms with Crippen LogP contribution in [0.4, 0.5) is 0 Å². The molecule has 28 heavy (non-hydrogen) atoms. The first-order valence-electron chi connectivity index (χ1n) is 10.9. The molecule has 1 aliphatic carbocycles. The Bertz CT molecular complexity index is 505. The van der Waals surface area contributed by atoms with Gasteiger partial charge < -0.3 is 9.90 Å². The number of aldehydes is 1. The van der Waals surface area contributed by atoms with Crippen molar-refractivity contribution in [1.29, 1.82) is 0 Å². The summed E-state index contributed by atoms with van der Waals surface area (Å²) in [6, 6.07) is 0. The molecule has 1 fully saturated rings. The summed E-state index contributed by atoms with van der Waals surface area (Å²) in [6.07, 6.45) is 21.3. The van der Waals surface area contributed by atoms with Gasteiger partial charge in [-0.05, 0) is 57.1 Å². The van der Waals surface area contributed by atoms with Gasteiger partial charge in [-0.2, -0.15) is 0 Å². The van der Waals surface area contributed by atoms with E-state index < -0.39 is 0 Å².